The normalized spacial score (nSPS) is 23.6. The minimum atomic E-state index is -0.336. The molecule has 0 saturated carbocycles. The van der Waals surface area contributed by atoms with Gasteiger partial charge in [0.05, 0.1) is 10.6 Å². The SMILES string of the molecule is NC1(CNC(=O)c2ccccc2Cl)CCNC1. The fourth-order valence-electron chi connectivity index (χ4n) is 1.91. The summed E-state index contributed by atoms with van der Waals surface area (Å²) in [5, 5.41) is 6.48. The smallest absolute Gasteiger partial charge is 0.252 e. The predicted octanol–water partition coefficient (Wildman–Crippen LogP) is 0.761. The van der Waals surface area contributed by atoms with E-state index < -0.39 is 0 Å². The molecule has 1 heterocycles. The van der Waals surface area contributed by atoms with Crippen LogP contribution in [0.5, 0.6) is 0 Å². The molecule has 1 saturated heterocycles. The van der Waals surface area contributed by atoms with Crippen LogP contribution in [0.15, 0.2) is 24.3 Å². The van der Waals surface area contributed by atoms with Crippen molar-refractivity contribution in [3.05, 3.63) is 34.9 Å². The van der Waals surface area contributed by atoms with Crippen LogP contribution in [0.2, 0.25) is 5.02 Å². The molecular weight excluding hydrogens is 238 g/mol. The highest BCUT2D eigenvalue weighted by molar-refractivity contribution is 6.33. The van der Waals surface area contributed by atoms with Gasteiger partial charge in [-0.25, -0.2) is 0 Å². The summed E-state index contributed by atoms with van der Waals surface area (Å²) in [6.45, 7) is 2.10. The molecule has 1 aromatic rings. The number of nitrogens with two attached hydrogens (primary N) is 1. The number of benzene rings is 1. The van der Waals surface area contributed by atoms with Gasteiger partial charge in [0.2, 0.25) is 0 Å². The zero-order valence-electron chi connectivity index (χ0n) is 9.50. The second-order valence-electron chi connectivity index (χ2n) is 4.45. The molecule has 2 rings (SSSR count). The van der Waals surface area contributed by atoms with E-state index in [1.807, 2.05) is 0 Å². The van der Waals surface area contributed by atoms with E-state index in [4.69, 9.17) is 17.3 Å². The molecule has 92 valence electrons. The first kappa shape index (κ1) is 12.4. The fraction of sp³-hybridized carbons (Fsp3) is 0.417. The van der Waals surface area contributed by atoms with Crippen LogP contribution in [-0.4, -0.2) is 31.1 Å². The van der Waals surface area contributed by atoms with Crippen molar-refractivity contribution < 1.29 is 4.79 Å². The van der Waals surface area contributed by atoms with E-state index in [0.29, 0.717) is 17.1 Å². The van der Waals surface area contributed by atoms with Gasteiger partial charge in [0, 0.05) is 18.6 Å². The summed E-state index contributed by atoms with van der Waals surface area (Å²) in [5.41, 5.74) is 6.27. The van der Waals surface area contributed by atoms with Crippen molar-refractivity contribution >= 4 is 17.5 Å². The van der Waals surface area contributed by atoms with Crippen LogP contribution in [-0.2, 0) is 0 Å². The highest BCUT2D eigenvalue weighted by Crippen LogP contribution is 2.15. The number of nitrogens with one attached hydrogen (secondary N) is 2. The number of hydrogen-bond donors (Lipinski definition) is 3. The standard InChI is InChI=1S/C12H16ClN3O/c13-10-4-2-1-3-9(10)11(17)16-8-12(14)5-6-15-7-12/h1-4,15H,5-8,14H2,(H,16,17). The van der Waals surface area contributed by atoms with Gasteiger partial charge in [0.25, 0.3) is 5.91 Å². The average Bonchev–Trinajstić information content (AvgIpc) is 2.74. The van der Waals surface area contributed by atoms with Crippen LogP contribution in [0, 0.1) is 0 Å². The molecule has 0 radical (unpaired) electrons. The number of amides is 1. The summed E-state index contributed by atoms with van der Waals surface area (Å²) in [4.78, 5) is 11.9. The molecule has 1 aromatic carbocycles. The zero-order chi connectivity index (χ0) is 12.3. The van der Waals surface area contributed by atoms with Gasteiger partial charge < -0.3 is 16.4 Å². The lowest BCUT2D eigenvalue weighted by Gasteiger charge is -2.23. The molecular formula is C12H16ClN3O. The highest BCUT2D eigenvalue weighted by atomic mass is 35.5. The molecule has 4 N–H and O–H groups in total. The fourth-order valence-corrected chi connectivity index (χ4v) is 2.13. The van der Waals surface area contributed by atoms with E-state index in [1.54, 1.807) is 24.3 Å². The minimum Gasteiger partial charge on any atom is -0.350 e. The average molecular weight is 254 g/mol. The molecule has 1 aliphatic rings. The van der Waals surface area contributed by atoms with Crippen molar-refractivity contribution in [3.63, 3.8) is 0 Å². The lowest BCUT2D eigenvalue weighted by atomic mass is 10.0. The van der Waals surface area contributed by atoms with Gasteiger partial charge in [0.1, 0.15) is 0 Å². The Morgan fingerprint density at radius 1 is 1.53 bits per heavy atom. The third kappa shape index (κ3) is 2.97. The molecule has 17 heavy (non-hydrogen) atoms. The Labute approximate surface area is 106 Å². The first-order valence-electron chi connectivity index (χ1n) is 5.63. The Balaban J connectivity index is 1.96. The maximum atomic E-state index is 11.9. The molecule has 0 aromatic heterocycles. The van der Waals surface area contributed by atoms with Gasteiger partial charge in [-0.15, -0.1) is 0 Å². The van der Waals surface area contributed by atoms with Crippen molar-refractivity contribution in [2.24, 2.45) is 5.73 Å². The van der Waals surface area contributed by atoms with Crippen molar-refractivity contribution in [2.75, 3.05) is 19.6 Å². The summed E-state index contributed by atoms with van der Waals surface area (Å²) in [6, 6.07) is 6.99. The third-order valence-corrected chi connectivity index (χ3v) is 3.33. The Morgan fingerprint density at radius 2 is 2.29 bits per heavy atom. The molecule has 1 amide bonds. The van der Waals surface area contributed by atoms with E-state index in [1.165, 1.54) is 0 Å². The molecule has 1 unspecified atom stereocenters. The van der Waals surface area contributed by atoms with Gasteiger partial charge in [-0.2, -0.15) is 0 Å². The van der Waals surface area contributed by atoms with Crippen molar-refractivity contribution in [1.29, 1.82) is 0 Å². The molecule has 1 fully saturated rings. The maximum Gasteiger partial charge on any atom is 0.252 e. The summed E-state index contributed by atoms with van der Waals surface area (Å²) in [6.07, 6.45) is 0.871. The topological polar surface area (TPSA) is 67.1 Å². The second-order valence-corrected chi connectivity index (χ2v) is 4.86. The molecule has 1 atom stereocenters. The highest BCUT2D eigenvalue weighted by Gasteiger charge is 2.29. The maximum absolute atomic E-state index is 11.9. The van der Waals surface area contributed by atoms with Gasteiger partial charge >= 0.3 is 0 Å². The van der Waals surface area contributed by atoms with Crippen LogP contribution in [0.1, 0.15) is 16.8 Å². The first-order chi connectivity index (χ1) is 8.11. The number of rotatable bonds is 3. The number of carbonyl (C=O) groups is 1. The Kier molecular flexibility index (Phi) is 3.66. The van der Waals surface area contributed by atoms with Crippen LogP contribution >= 0.6 is 11.6 Å². The van der Waals surface area contributed by atoms with Crippen LogP contribution in [0.3, 0.4) is 0 Å². The van der Waals surface area contributed by atoms with Crippen LogP contribution < -0.4 is 16.4 Å². The Morgan fingerprint density at radius 3 is 2.94 bits per heavy atom. The third-order valence-electron chi connectivity index (χ3n) is 3.00. The monoisotopic (exact) mass is 253 g/mol. The number of hydrogen-bond acceptors (Lipinski definition) is 3. The quantitative estimate of drug-likeness (QED) is 0.745. The van der Waals surface area contributed by atoms with Gasteiger partial charge in [-0.05, 0) is 25.1 Å². The number of carbonyl (C=O) groups excluding carboxylic acids is 1. The first-order valence-corrected chi connectivity index (χ1v) is 6.01. The van der Waals surface area contributed by atoms with E-state index in [9.17, 15) is 4.79 Å². The molecule has 1 aliphatic heterocycles. The Hall–Kier alpha value is -1.10. The molecule has 5 heteroatoms. The molecule has 0 bridgehead atoms. The van der Waals surface area contributed by atoms with Crippen LogP contribution in [0.4, 0.5) is 0 Å². The van der Waals surface area contributed by atoms with Crippen molar-refractivity contribution in [1.82, 2.24) is 10.6 Å². The predicted molar refractivity (Wildman–Crippen MR) is 68.2 cm³/mol. The van der Waals surface area contributed by atoms with E-state index in [0.717, 1.165) is 19.5 Å². The van der Waals surface area contributed by atoms with Crippen LogP contribution in [0.25, 0.3) is 0 Å². The second kappa shape index (κ2) is 5.04. The Bertz CT molecular complexity index is 416. The minimum absolute atomic E-state index is 0.174. The largest absolute Gasteiger partial charge is 0.350 e. The van der Waals surface area contributed by atoms with E-state index in [-0.39, 0.29) is 11.4 Å². The summed E-state index contributed by atoms with van der Waals surface area (Å²) < 4.78 is 0. The van der Waals surface area contributed by atoms with Gasteiger partial charge in [0.15, 0.2) is 0 Å². The molecule has 0 aliphatic carbocycles. The number of halogens is 1. The molecule has 0 spiro atoms. The van der Waals surface area contributed by atoms with Crippen molar-refractivity contribution in [3.8, 4) is 0 Å². The van der Waals surface area contributed by atoms with Gasteiger partial charge in [-0.3, -0.25) is 4.79 Å². The molecule has 4 nitrogen and oxygen atoms in total. The zero-order valence-corrected chi connectivity index (χ0v) is 10.3. The summed E-state index contributed by atoms with van der Waals surface area (Å²) in [5.74, 6) is -0.174. The van der Waals surface area contributed by atoms with Gasteiger partial charge in [-0.1, -0.05) is 23.7 Å². The van der Waals surface area contributed by atoms with Crippen molar-refractivity contribution in [2.45, 2.75) is 12.0 Å². The summed E-state index contributed by atoms with van der Waals surface area (Å²) in [7, 11) is 0. The summed E-state index contributed by atoms with van der Waals surface area (Å²) >= 11 is 5.94. The van der Waals surface area contributed by atoms with E-state index in [2.05, 4.69) is 10.6 Å². The lowest BCUT2D eigenvalue weighted by molar-refractivity contribution is 0.0945. The van der Waals surface area contributed by atoms with E-state index >= 15 is 0 Å². The lowest BCUT2D eigenvalue weighted by Crippen LogP contribution is -2.51.